The molecule has 2 atom stereocenters. The number of carbonyl (C=O) groups is 2. The van der Waals surface area contributed by atoms with Crippen LogP contribution in [0.1, 0.15) is 45.3 Å². The van der Waals surface area contributed by atoms with Gasteiger partial charge in [0, 0.05) is 13.1 Å². The summed E-state index contributed by atoms with van der Waals surface area (Å²) in [6.07, 6.45) is -4.93. The van der Waals surface area contributed by atoms with Gasteiger partial charge in [0.05, 0.1) is 19.2 Å². The van der Waals surface area contributed by atoms with Crippen molar-refractivity contribution in [3.05, 3.63) is 11.6 Å². The zero-order valence-electron chi connectivity index (χ0n) is 16.5. The molecule has 0 spiro atoms. The molecular weight excluding hydrogens is 395 g/mol. The van der Waals surface area contributed by atoms with Gasteiger partial charge >= 0.3 is 12.3 Å². The number of halogens is 3. The average Bonchev–Trinajstić information content (AvgIpc) is 3.03. The molecule has 0 unspecified atom stereocenters. The SMILES string of the molecule is CC(C)(C)OC(=O)N[C@@H]1CC[C@@H](C(=O)N2CCn3c(nnc3C(F)(F)F)C2)OC1. The van der Waals surface area contributed by atoms with E-state index in [1.165, 1.54) is 4.90 Å². The van der Waals surface area contributed by atoms with E-state index >= 15 is 0 Å². The van der Waals surface area contributed by atoms with Crippen LogP contribution < -0.4 is 5.32 Å². The smallest absolute Gasteiger partial charge is 0.444 e. The Morgan fingerprint density at radius 3 is 2.48 bits per heavy atom. The van der Waals surface area contributed by atoms with Crippen LogP contribution in [0.3, 0.4) is 0 Å². The van der Waals surface area contributed by atoms with Crippen LogP contribution in [0.4, 0.5) is 18.0 Å². The number of alkyl carbamates (subject to hydrolysis) is 1. The number of alkyl halides is 3. The minimum Gasteiger partial charge on any atom is -0.444 e. The number of ether oxygens (including phenoxy) is 2. The molecule has 1 aromatic rings. The summed E-state index contributed by atoms with van der Waals surface area (Å²) in [5.41, 5.74) is -0.612. The van der Waals surface area contributed by atoms with Gasteiger partial charge in [-0.05, 0) is 33.6 Å². The van der Waals surface area contributed by atoms with Crippen LogP contribution in [0.5, 0.6) is 0 Å². The molecule has 2 aliphatic heterocycles. The molecule has 162 valence electrons. The van der Waals surface area contributed by atoms with Gasteiger partial charge in [-0.1, -0.05) is 0 Å². The van der Waals surface area contributed by atoms with Crippen molar-refractivity contribution in [2.45, 2.75) is 70.6 Å². The Balaban J connectivity index is 1.51. The topological polar surface area (TPSA) is 98.6 Å². The molecule has 2 aliphatic rings. The maximum atomic E-state index is 12.9. The van der Waals surface area contributed by atoms with E-state index in [0.29, 0.717) is 12.8 Å². The monoisotopic (exact) mass is 419 g/mol. The zero-order chi connectivity index (χ0) is 21.4. The number of fused-ring (bicyclic) bond motifs is 1. The van der Waals surface area contributed by atoms with Crippen molar-refractivity contribution in [3.63, 3.8) is 0 Å². The summed E-state index contributed by atoms with van der Waals surface area (Å²) in [6, 6.07) is -0.271. The molecule has 0 bridgehead atoms. The van der Waals surface area contributed by atoms with Crippen molar-refractivity contribution in [2.75, 3.05) is 13.2 Å². The molecule has 0 radical (unpaired) electrons. The minimum absolute atomic E-state index is 0.0293. The first-order chi connectivity index (χ1) is 13.4. The van der Waals surface area contributed by atoms with Crippen molar-refractivity contribution in [1.29, 1.82) is 0 Å². The van der Waals surface area contributed by atoms with Crippen LogP contribution in [-0.4, -0.2) is 62.6 Å². The molecule has 1 saturated heterocycles. The van der Waals surface area contributed by atoms with Gasteiger partial charge in [0.1, 0.15) is 11.7 Å². The number of rotatable bonds is 2. The third-order valence-electron chi connectivity index (χ3n) is 4.59. The first kappa shape index (κ1) is 21.3. The second-order valence-electron chi connectivity index (χ2n) is 8.09. The van der Waals surface area contributed by atoms with Crippen molar-refractivity contribution < 1.29 is 32.2 Å². The van der Waals surface area contributed by atoms with Crippen LogP contribution in [0, 0.1) is 0 Å². The number of carbonyl (C=O) groups excluding carboxylic acids is 2. The summed E-state index contributed by atoms with van der Waals surface area (Å²) in [6.45, 7) is 5.46. The molecule has 2 amide bonds. The van der Waals surface area contributed by atoms with Gasteiger partial charge in [-0.2, -0.15) is 13.2 Å². The predicted molar refractivity (Wildman–Crippen MR) is 92.6 cm³/mol. The van der Waals surface area contributed by atoms with Crippen LogP contribution in [0.25, 0.3) is 0 Å². The number of nitrogens with zero attached hydrogens (tertiary/aromatic N) is 4. The number of hydrogen-bond acceptors (Lipinski definition) is 6. The first-order valence-corrected chi connectivity index (χ1v) is 9.33. The van der Waals surface area contributed by atoms with E-state index in [-0.39, 0.29) is 44.0 Å². The fraction of sp³-hybridized carbons (Fsp3) is 0.765. The number of amides is 2. The summed E-state index contributed by atoms with van der Waals surface area (Å²) in [7, 11) is 0. The molecule has 9 nitrogen and oxygen atoms in total. The van der Waals surface area contributed by atoms with Gasteiger partial charge in [-0.15, -0.1) is 10.2 Å². The van der Waals surface area contributed by atoms with Crippen LogP contribution >= 0.6 is 0 Å². The Morgan fingerprint density at radius 1 is 1.17 bits per heavy atom. The van der Waals surface area contributed by atoms with Crippen molar-refractivity contribution >= 4 is 12.0 Å². The Labute approximate surface area is 165 Å². The number of nitrogens with one attached hydrogen (secondary N) is 1. The molecule has 0 aliphatic carbocycles. The van der Waals surface area contributed by atoms with Crippen LogP contribution in [0.15, 0.2) is 0 Å². The standard InChI is InChI=1S/C17H24F3N5O4/c1-16(2,3)29-15(27)21-10-4-5-11(28-9-10)13(26)24-6-7-25-12(8-24)22-23-14(25)17(18,19)20/h10-11H,4-9H2,1-3H3,(H,21,27)/t10-,11+/m1/s1. The van der Waals surface area contributed by atoms with Crippen molar-refractivity contribution in [1.82, 2.24) is 25.0 Å². The lowest BCUT2D eigenvalue weighted by atomic mass is 10.0. The quantitative estimate of drug-likeness (QED) is 0.784. The van der Waals surface area contributed by atoms with E-state index < -0.39 is 29.8 Å². The van der Waals surface area contributed by atoms with Gasteiger partial charge in [0.2, 0.25) is 5.82 Å². The summed E-state index contributed by atoms with van der Waals surface area (Å²) in [4.78, 5) is 25.9. The molecule has 0 saturated carbocycles. The summed E-state index contributed by atoms with van der Waals surface area (Å²) in [5.74, 6) is -1.26. The second kappa shape index (κ2) is 7.81. The summed E-state index contributed by atoms with van der Waals surface area (Å²) < 4.78 is 50.5. The summed E-state index contributed by atoms with van der Waals surface area (Å²) in [5, 5.41) is 9.48. The molecule has 12 heteroatoms. The second-order valence-corrected chi connectivity index (χ2v) is 8.09. The Hall–Kier alpha value is -2.37. The molecule has 1 fully saturated rings. The third-order valence-corrected chi connectivity index (χ3v) is 4.59. The molecule has 1 aromatic heterocycles. The van der Waals surface area contributed by atoms with E-state index in [4.69, 9.17) is 9.47 Å². The Kier molecular flexibility index (Phi) is 5.74. The van der Waals surface area contributed by atoms with Crippen molar-refractivity contribution in [3.8, 4) is 0 Å². The molecule has 0 aromatic carbocycles. The molecule has 1 N–H and O–H groups in total. The molecule has 3 rings (SSSR count). The van der Waals surface area contributed by atoms with Crippen LogP contribution in [-0.2, 0) is 33.5 Å². The van der Waals surface area contributed by atoms with Gasteiger partial charge in [0.25, 0.3) is 5.91 Å². The Bertz CT molecular complexity index is 766. The third kappa shape index (κ3) is 5.17. The first-order valence-electron chi connectivity index (χ1n) is 9.33. The van der Waals surface area contributed by atoms with Gasteiger partial charge in [-0.25, -0.2) is 4.79 Å². The zero-order valence-corrected chi connectivity index (χ0v) is 16.5. The van der Waals surface area contributed by atoms with Gasteiger partial charge in [0.15, 0.2) is 5.82 Å². The maximum absolute atomic E-state index is 12.9. The predicted octanol–water partition coefficient (Wildman–Crippen LogP) is 1.71. The minimum atomic E-state index is -4.58. The highest BCUT2D eigenvalue weighted by Crippen LogP contribution is 2.29. The lowest BCUT2D eigenvalue weighted by Crippen LogP contribution is -2.50. The van der Waals surface area contributed by atoms with Gasteiger partial charge < -0.3 is 24.3 Å². The van der Waals surface area contributed by atoms with E-state index in [2.05, 4.69) is 15.5 Å². The van der Waals surface area contributed by atoms with E-state index in [1.807, 2.05) is 0 Å². The highest BCUT2D eigenvalue weighted by atomic mass is 19.4. The highest BCUT2D eigenvalue weighted by Gasteiger charge is 2.40. The van der Waals surface area contributed by atoms with Gasteiger partial charge in [-0.3, -0.25) is 4.79 Å². The largest absolute Gasteiger partial charge is 0.451 e. The van der Waals surface area contributed by atoms with E-state index in [1.54, 1.807) is 20.8 Å². The molecule has 29 heavy (non-hydrogen) atoms. The normalized spacial score (nSPS) is 22.8. The number of aromatic nitrogens is 3. The molecule has 3 heterocycles. The summed E-state index contributed by atoms with van der Waals surface area (Å²) >= 11 is 0. The fourth-order valence-electron chi connectivity index (χ4n) is 3.29. The highest BCUT2D eigenvalue weighted by molar-refractivity contribution is 5.81. The van der Waals surface area contributed by atoms with Crippen molar-refractivity contribution in [2.24, 2.45) is 0 Å². The van der Waals surface area contributed by atoms with E-state index in [9.17, 15) is 22.8 Å². The average molecular weight is 419 g/mol. The number of hydrogen-bond donors (Lipinski definition) is 1. The van der Waals surface area contributed by atoms with Crippen LogP contribution in [0.2, 0.25) is 0 Å². The molecular formula is C17H24F3N5O4. The Morgan fingerprint density at radius 2 is 1.90 bits per heavy atom. The lowest BCUT2D eigenvalue weighted by molar-refractivity contribution is -0.151. The lowest BCUT2D eigenvalue weighted by Gasteiger charge is -2.34. The fourth-order valence-corrected chi connectivity index (χ4v) is 3.29. The van der Waals surface area contributed by atoms with E-state index in [0.717, 1.165) is 4.57 Å². The maximum Gasteiger partial charge on any atom is 0.451 e.